The molecule has 0 saturated heterocycles. The van der Waals surface area contributed by atoms with E-state index < -0.39 is 8.32 Å². The van der Waals surface area contributed by atoms with Gasteiger partial charge in [-0.2, -0.15) is 0 Å². The number of carbonyl (C=O) groups excluding carboxylic acids is 1. The maximum atomic E-state index is 10.5. The minimum absolute atomic E-state index is 0.185. The Kier molecular flexibility index (Phi) is 9.03. The summed E-state index contributed by atoms with van der Waals surface area (Å²) in [6.45, 7) is 12.9. The van der Waals surface area contributed by atoms with Crippen LogP contribution in [0, 0.1) is 35.5 Å². The third-order valence-electron chi connectivity index (χ3n) is 3.24. The topological polar surface area (TPSA) is 35.5 Å². The molecule has 3 nitrogen and oxygen atoms in total. The standard InChI is InChI=1S/C18H24O3Si/c1-17(19)20-15-13-11-9-7-8-10-12-14-16-21-22(5,6)18(2,3)4/h11,13H,15-16H2,1-6H3/b13-11+. The fraction of sp³-hybridized carbons (Fsp3) is 0.500. The Hall–Kier alpha value is -1.93. The smallest absolute Gasteiger partial charge is 0.302 e. The summed E-state index contributed by atoms with van der Waals surface area (Å²) in [5.41, 5.74) is 0. The van der Waals surface area contributed by atoms with Crippen LogP contribution < -0.4 is 0 Å². The van der Waals surface area contributed by atoms with Crippen molar-refractivity contribution in [2.45, 2.75) is 45.8 Å². The summed E-state index contributed by atoms with van der Waals surface area (Å²) in [7, 11) is -1.73. The molecule has 0 aromatic carbocycles. The monoisotopic (exact) mass is 316 g/mol. The molecule has 0 N–H and O–H groups in total. The molecular weight excluding hydrogens is 292 g/mol. The number of ether oxygens (including phenoxy) is 1. The van der Waals surface area contributed by atoms with Crippen LogP contribution in [0.15, 0.2) is 12.2 Å². The Morgan fingerprint density at radius 1 is 1.14 bits per heavy atom. The zero-order valence-corrected chi connectivity index (χ0v) is 15.3. The van der Waals surface area contributed by atoms with Gasteiger partial charge in [-0.05, 0) is 54.0 Å². The SMILES string of the molecule is CC(=O)OC/C=C/C#CC#CC#CCO[Si](C)(C)C(C)(C)C. The van der Waals surface area contributed by atoms with Crippen molar-refractivity contribution in [1.29, 1.82) is 0 Å². The fourth-order valence-corrected chi connectivity index (χ4v) is 1.79. The lowest BCUT2D eigenvalue weighted by molar-refractivity contribution is -0.139. The minimum atomic E-state index is -1.73. The molecule has 0 heterocycles. The average Bonchev–Trinajstić information content (AvgIpc) is 2.38. The van der Waals surface area contributed by atoms with Crippen molar-refractivity contribution in [3.63, 3.8) is 0 Å². The number of allylic oxidation sites excluding steroid dienone is 1. The van der Waals surface area contributed by atoms with Crippen LogP contribution in [-0.2, 0) is 14.0 Å². The first-order valence-electron chi connectivity index (χ1n) is 7.07. The molecule has 0 atom stereocenters. The van der Waals surface area contributed by atoms with E-state index in [0.29, 0.717) is 6.61 Å². The van der Waals surface area contributed by atoms with Gasteiger partial charge in [0.15, 0.2) is 8.32 Å². The van der Waals surface area contributed by atoms with Gasteiger partial charge in [0.05, 0.1) is 6.61 Å². The lowest BCUT2D eigenvalue weighted by Crippen LogP contribution is -2.40. The molecule has 0 aromatic heterocycles. The highest BCUT2D eigenvalue weighted by Gasteiger charge is 2.36. The van der Waals surface area contributed by atoms with Crippen LogP contribution in [-0.4, -0.2) is 27.5 Å². The van der Waals surface area contributed by atoms with Crippen LogP contribution in [0.4, 0.5) is 0 Å². The highest BCUT2D eigenvalue weighted by atomic mass is 28.4. The maximum absolute atomic E-state index is 10.5. The van der Waals surface area contributed by atoms with E-state index in [1.165, 1.54) is 6.92 Å². The largest absolute Gasteiger partial charge is 0.462 e. The second kappa shape index (κ2) is 9.90. The summed E-state index contributed by atoms with van der Waals surface area (Å²) in [6.07, 6.45) is 3.24. The van der Waals surface area contributed by atoms with Gasteiger partial charge in [-0.1, -0.05) is 32.6 Å². The number of rotatable bonds is 4. The van der Waals surface area contributed by atoms with Gasteiger partial charge < -0.3 is 9.16 Å². The summed E-state index contributed by atoms with van der Waals surface area (Å²) in [5.74, 6) is 15.9. The van der Waals surface area contributed by atoms with E-state index in [1.807, 2.05) is 0 Å². The van der Waals surface area contributed by atoms with Gasteiger partial charge in [-0.15, -0.1) is 0 Å². The van der Waals surface area contributed by atoms with Crippen LogP contribution >= 0.6 is 0 Å². The number of hydrogen-bond acceptors (Lipinski definition) is 3. The van der Waals surface area contributed by atoms with Gasteiger partial charge in [0, 0.05) is 6.92 Å². The zero-order valence-electron chi connectivity index (χ0n) is 14.3. The van der Waals surface area contributed by atoms with Crippen molar-refractivity contribution >= 4 is 14.3 Å². The molecule has 4 heteroatoms. The summed E-state index contributed by atoms with van der Waals surface area (Å²) in [6, 6.07) is 0. The molecule has 0 aliphatic rings. The molecule has 118 valence electrons. The van der Waals surface area contributed by atoms with Gasteiger partial charge >= 0.3 is 5.97 Å². The van der Waals surface area contributed by atoms with Gasteiger partial charge in [0.2, 0.25) is 0 Å². The predicted octanol–water partition coefficient (Wildman–Crippen LogP) is 3.14. The van der Waals surface area contributed by atoms with Crippen molar-refractivity contribution in [1.82, 2.24) is 0 Å². The highest BCUT2D eigenvalue weighted by molar-refractivity contribution is 6.74. The van der Waals surface area contributed by atoms with E-state index in [2.05, 4.69) is 69.4 Å². The molecule has 0 aliphatic carbocycles. The highest BCUT2D eigenvalue weighted by Crippen LogP contribution is 2.36. The number of hydrogen-bond donors (Lipinski definition) is 0. The Balaban J connectivity index is 4.12. The molecule has 0 fully saturated rings. The Labute approximate surface area is 135 Å². The predicted molar refractivity (Wildman–Crippen MR) is 92.3 cm³/mol. The minimum Gasteiger partial charge on any atom is -0.462 e. The molecule has 0 rings (SSSR count). The summed E-state index contributed by atoms with van der Waals surface area (Å²) in [5, 5.41) is 0.185. The normalized spacial score (nSPS) is 10.6. The van der Waals surface area contributed by atoms with E-state index in [-0.39, 0.29) is 17.6 Å². The molecule has 0 aliphatic heterocycles. The van der Waals surface area contributed by atoms with Gasteiger partial charge in [-0.3, -0.25) is 4.79 Å². The van der Waals surface area contributed by atoms with Gasteiger partial charge in [-0.25, -0.2) is 0 Å². The first-order chi connectivity index (χ1) is 10.2. The second-order valence-corrected chi connectivity index (χ2v) is 10.9. The Morgan fingerprint density at radius 3 is 2.36 bits per heavy atom. The summed E-state index contributed by atoms with van der Waals surface area (Å²) in [4.78, 5) is 10.5. The van der Waals surface area contributed by atoms with E-state index in [1.54, 1.807) is 12.2 Å². The second-order valence-electron chi connectivity index (χ2n) is 6.08. The van der Waals surface area contributed by atoms with Crippen molar-refractivity contribution in [2.75, 3.05) is 13.2 Å². The van der Waals surface area contributed by atoms with Crippen molar-refractivity contribution in [3.05, 3.63) is 12.2 Å². The molecule has 0 aromatic rings. The van der Waals surface area contributed by atoms with Crippen LogP contribution in [0.2, 0.25) is 18.1 Å². The molecule has 0 unspecified atom stereocenters. The molecule has 0 bridgehead atoms. The summed E-state index contributed by atoms with van der Waals surface area (Å²) < 4.78 is 10.6. The lowest BCUT2D eigenvalue weighted by atomic mass is 10.2. The number of esters is 1. The van der Waals surface area contributed by atoms with Gasteiger partial charge in [0.25, 0.3) is 0 Å². The Bertz CT molecular complexity index is 576. The first-order valence-corrected chi connectivity index (χ1v) is 9.98. The van der Waals surface area contributed by atoms with Gasteiger partial charge in [0.1, 0.15) is 6.61 Å². The first kappa shape index (κ1) is 20.1. The van der Waals surface area contributed by atoms with E-state index >= 15 is 0 Å². The molecule has 0 amide bonds. The van der Waals surface area contributed by atoms with E-state index in [9.17, 15) is 4.79 Å². The fourth-order valence-electron chi connectivity index (χ4n) is 0.926. The van der Waals surface area contributed by atoms with Crippen LogP contribution in [0.5, 0.6) is 0 Å². The lowest BCUT2D eigenvalue weighted by Gasteiger charge is -2.35. The molecule has 0 spiro atoms. The maximum Gasteiger partial charge on any atom is 0.302 e. The third kappa shape index (κ3) is 9.89. The average molecular weight is 316 g/mol. The van der Waals surface area contributed by atoms with E-state index in [4.69, 9.17) is 9.16 Å². The van der Waals surface area contributed by atoms with Crippen molar-refractivity contribution in [2.24, 2.45) is 0 Å². The molecular formula is C18H24O3Si. The van der Waals surface area contributed by atoms with Crippen LogP contribution in [0.25, 0.3) is 0 Å². The quantitative estimate of drug-likeness (QED) is 0.454. The third-order valence-corrected chi connectivity index (χ3v) is 7.72. The Morgan fingerprint density at radius 2 is 1.77 bits per heavy atom. The van der Waals surface area contributed by atoms with Crippen LogP contribution in [0.3, 0.4) is 0 Å². The summed E-state index contributed by atoms with van der Waals surface area (Å²) >= 11 is 0. The van der Waals surface area contributed by atoms with E-state index in [0.717, 1.165) is 0 Å². The van der Waals surface area contributed by atoms with Crippen LogP contribution in [0.1, 0.15) is 27.7 Å². The molecule has 0 radical (unpaired) electrons. The van der Waals surface area contributed by atoms with Crippen molar-refractivity contribution in [3.8, 4) is 35.5 Å². The molecule has 22 heavy (non-hydrogen) atoms. The number of carbonyl (C=O) groups is 1. The van der Waals surface area contributed by atoms with Crippen molar-refractivity contribution < 1.29 is 14.0 Å². The zero-order chi connectivity index (χ0) is 17.1. The molecule has 0 saturated carbocycles.